The van der Waals surface area contributed by atoms with E-state index in [0.717, 1.165) is 6.07 Å². The van der Waals surface area contributed by atoms with Crippen molar-refractivity contribution < 1.29 is 27.3 Å². The first-order valence-electron chi connectivity index (χ1n) is 8.36. The monoisotopic (exact) mass is 385 g/mol. The largest absolute Gasteiger partial charge is 0.492 e. The van der Waals surface area contributed by atoms with E-state index in [0.29, 0.717) is 11.7 Å². The van der Waals surface area contributed by atoms with Gasteiger partial charge in [0, 0.05) is 25.2 Å². The molecule has 6 nitrogen and oxygen atoms in total. The fourth-order valence-electron chi connectivity index (χ4n) is 2.39. The van der Waals surface area contributed by atoms with Crippen LogP contribution in [0.1, 0.15) is 45.7 Å². The van der Waals surface area contributed by atoms with E-state index in [9.17, 15) is 18.0 Å². The zero-order valence-electron chi connectivity index (χ0n) is 15.9. The normalized spacial score (nSPS) is 19.3. The maximum atomic E-state index is 13.0. The average Bonchev–Trinajstić information content (AvgIpc) is 2.72. The van der Waals surface area contributed by atoms with Crippen LogP contribution in [0, 0.1) is 0 Å². The molecule has 1 amide bonds. The van der Waals surface area contributed by atoms with Crippen molar-refractivity contribution in [3.63, 3.8) is 0 Å². The van der Waals surface area contributed by atoms with Crippen LogP contribution in [-0.2, 0) is 20.3 Å². The molecule has 1 fully saturated rings. The second-order valence-corrected chi connectivity index (χ2v) is 7.41. The number of nitrogens with one attached hydrogen (secondary N) is 1. The number of nitrogens with two attached hydrogens (primary N) is 1. The Bertz CT molecular complexity index is 748. The number of nitrogen functional groups attached to an aromatic ring is 1. The highest BCUT2D eigenvalue weighted by molar-refractivity contribution is 6.56. The third kappa shape index (κ3) is 4.81. The zero-order valence-corrected chi connectivity index (χ0v) is 15.9. The third-order valence-electron chi connectivity index (χ3n) is 4.72. The molecule has 27 heavy (non-hydrogen) atoms. The van der Waals surface area contributed by atoms with Gasteiger partial charge in [0.1, 0.15) is 5.82 Å². The average molecular weight is 385 g/mol. The number of carbonyl (C=O) groups excluding carboxylic acids is 1. The minimum atomic E-state index is -4.55. The molecule has 3 N–H and O–H groups in total. The van der Waals surface area contributed by atoms with Gasteiger partial charge in [0.2, 0.25) is 5.91 Å². The number of amides is 1. The maximum absolute atomic E-state index is 13.0. The number of hydrogen-bond donors (Lipinski definition) is 2. The number of pyridine rings is 1. The van der Waals surface area contributed by atoms with E-state index in [-0.39, 0.29) is 23.8 Å². The second-order valence-electron chi connectivity index (χ2n) is 7.41. The first-order valence-corrected chi connectivity index (χ1v) is 8.36. The lowest BCUT2D eigenvalue weighted by molar-refractivity contribution is -0.137. The van der Waals surface area contributed by atoms with Gasteiger partial charge in [-0.1, -0.05) is 6.08 Å². The molecule has 2 heterocycles. The number of carbonyl (C=O) groups is 1. The topological polar surface area (TPSA) is 86.5 Å². The van der Waals surface area contributed by atoms with Gasteiger partial charge in [-0.15, -0.1) is 0 Å². The molecule has 0 saturated carbocycles. The van der Waals surface area contributed by atoms with Crippen LogP contribution in [0.4, 0.5) is 19.0 Å². The molecule has 1 aliphatic rings. The fourth-order valence-corrected chi connectivity index (χ4v) is 2.39. The van der Waals surface area contributed by atoms with Crippen LogP contribution in [0.2, 0.25) is 0 Å². The van der Waals surface area contributed by atoms with E-state index in [4.69, 9.17) is 15.0 Å². The van der Waals surface area contributed by atoms with E-state index in [1.807, 2.05) is 27.7 Å². The van der Waals surface area contributed by atoms with Crippen molar-refractivity contribution in [2.45, 2.75) is 52.0 Å². The Morgan fingerprint density at radius 3 is 2.33 bits per heavy atom. The molecule has 0 aromatic carbocycles. The SMILES string of the molecule is CC(=O)NCC(=Cc1cc(C(F)(F)F)cnc1N)B1OC(C)(C)C(C)(C)O1. The summed E-state index contributed by atoms with van der Waals surface area (Å²) in [5, 5.41) is 2.61. The summed E-state index contributed by atoms with van der Waals surface area (Å²) in [6.07, 6.45) is -2.46. The maximum Gasteiger partial charge on any atom is 0.492 e. The summed E-state index contributed by atoms with van der Waals surface area (Å²) in [4.78, 5) is 14.9. The number of halogens is 3. The summed E-state index contributed by atoms with van der Waals surface area (Å²) in [5.41, 5.74) is 4.03. The third-order valence-corrected chi connectivity index (χ3v) is 4.72. The predicted octanol–water partition coefficient (Wildman–Crippen LogP) is 2.83. The number of alkyl halides is 3. The molecule has 0 spiro atoms. The number of rotatable bonds is 4. The van der Waals surface area contributed by atoms with E-state index >= 15 is 0 Å². The standard InChI is InChI=1S/C17H23BF3N3O3/c1-10(25)23-9-13(18-26-15(2,3)16(4,5)27-18)7-11-6-12(17(19,20)21)8-24-14(11)22/h6-8H,9H2,1-5H3,(H2,22,24)(H,23,25). The number of aromatic nitrogens is 1. The summed E-state index contributed by atoms with van der Waals surface area (Å²) in [7, 11) is -0.851. The molecular weight excluding hydrogens is 362 g/mol. The van der Waals surface area contributed by atoms with Gasteiger partial charge < -0.3 is 20.4 Å². The lowest BCUT2D eigenvalue weighted by atomic mass is 9.77. The minimum Gasteiger partial charge on any atom is -0.400 e. The van der Waals surface area contributed by atoms with Crippen LogP contribution in [0.25, 0.3) is 6.08 Å². The lowest BCUT2D eigenvalue weighted by Gasteiger charge is -2.32. The molecule has 10 heteroatoms. The Morgan fingerprint density at radius 1 is 1.30 bits per heavy atom. The van der Waals surface area contributed by atoms with Crippen LogP contribution in [0.5, 0.6) is 0 Å². The smallest absolute Gasteiger partial charge is 0.400 e. The molecule has 0 atom stereocenters. The Hall–Kier alpha value is -2.07. The van der Waals surface area contributed by atoms with Gasteiger partial charge in [0.25, 0.3) is 0 Å². The van der Waals surface area contributed by atoms with E-state index in [1.165, 1.54) is 13.0 Å². The Kier molecular flexibility index (Phi) is 5.63. The number of anilines is 1. The molecule has 1 saturated heterocycles. The van der Waals surface area contributed by atoms with E-state index in [1.54, 1.807) is 0 Å². The van der Waals surface area contributed by atoms with Crippen LogP contribution in [0.15, 0.2) is 17.7 Å². The molecule has 0 bridgehead atoms. The van der Waals surface area contributed by atoms with Crippen molar-refractivity contribution in [1.82, 2.24) is 10.3 Å². The van der Waals surface area contributed by atoms with Crippen molar-refractivity contribution >= 4 is 24.9 Å². The highest BCUT2D eigenvalue weighted by Gasteiger charge is 2.52. The highest BCUT2D eigenvalue weighted by atomic mass is 19.4. The molecule has 148 valence electrons. The van der Waals surface area contributed by atoms with Gasteiger partial charge in [-0.25, -0.2) is 4.98 Å². The Labute approximate surface area is 156 Å². The summed E-state index contributed by atoms with van der Waals surface area (Å²) < 4.78 is 50.8. The van der Waals surface area contributed by atoms with Crippen molar-refractivity contribution in [2.24, 2.45) is 0 Å². The van der Waals surface area contributed by atoms with Crippen LogP contribution < -0.4 is 11.1 Å². The molecule has 0 radical (unpaired) electrons. The summed E-state index contributed by atoms with van der Waals surface area (Å²) in [6, 6.07) is 0.904. The molecule has 0 unspecified atom stereocenters. The Morgan fingerprint density at radius 2 is 1.85 bits per heavy atom. The number of hydrogen-bond acceptors (Lipinski definition) is 5. The zero-order chi connectivity index (χ0) is 20.6. The summed E-state index contributed by atoms with van der Waals surface area (Å²) in [5.74, 6) is -0.368. The van der Waals surface area contributed by atoms with Crippen molar-refractivity contribution in [1.29, 1.82) is 0 Å². The minimum absolute atomic E-state index is 0.0296. The molecular formula is C17H23BF3N3O3. The van der Waals surface area contributed by atoms with Gasteiger partial charge in [0.05, 0.1) is 16.8 Å². The quantitative estimate of drug-likeness (QED) is 0.779. The summed E-state index contributed by atoms with van der Waals surface area (Å²) in [6.45, 7) is 8.77. The molecule has 1 aromatic rings. The van der Waals surface area contributed by atoms with Crippen molar-refractivity contribution in [3.05, 3.63) is 28.9 Å². The van der Waals surface area contributed by atoms with Gasteiger partial charge in [-0.05, 0) is 39.2 Å². The van der Waals surface area contributed by atoms with Gasteiger partial charge >= 0.3 is 13.3 Å². The Balaban J connectivity index is 2.45. The van der Waals surface area contributed by atoms with Crippen LogP contribution in [0.3, 0.4) is 0 Å². The lowest BCUT2D eigenvalue weighted by Crippen LogP contribution is -2.41. The highest BCUT2D eigenvalue weighted by Crippen LogP contribution is 2.39. The predicted molar refractivity (Wildman–Crippen MR) is 96.4 cm³/mol. The first-order chi connectivity index (χ1) is 12.2. The van der Waals surface area contributed by atoms with Crippen LogP contribution in [-0.4, -0.2) is 35.8 Å². The molecule has 2 rings (SSSR count). The van der Waals surface area contributed by atoms with E-state index in [2.05, 4.69) is 10.3 Å². The van der Waals surface area contributed by atoms with Crippen molar-refractivity contribution in [2.75, 3.05) is 12.3 Å². The second kappa shape index (κ2) is 7.16. The van der Waals surface area contributed by atoms with Gasteiger partial charge in [0.15, 0.2) is 0 Å². The molecule has 0 aliphatic carbocycles. The van der Waals surface area contributed by atoms with Crippen molar-refractivity contribution in [3.8, 4) is 0 Å². The van der Waals surface area contributed by atoms with Gasteiger partial charge in [-0.3, -0.25) is 4.79 Å². The van der Waals surface area contributed by atoms with E-state index < -0.39 is 30.1 Å². The molecule has 1 aliphatic heterocycles. The molecule has 1 aromatic heterocycles. The summed E-state index contributed by atoms with van der Waals surface area (Å²) >= 11 is 0. The first kappa shape index (κ1) is 21.2. The van der Waals surface area contributed by atoms with Gasteiger partial charge in [-0.2, -0.15) is 13.2 Å². The number of nitrogens with zero attached hydrogens (tertiary/aromatic N) is 1. The fraction of sp³-hybridized carbons (Fsp3) is 0.529. The van der Waals surface area contributed by atoms with Crippen LogP contribution >= 0.6 is 0 Å².